The van der Waals surface area contributed by atoms with Gasteiger partial charge >= 0.3 is 0 Å². The quantitative estimate of drug-likeness (QED) is 0.829. The standard InChI is InChI=1S/C21H22FN3O3/c1-15(26)24-25-10-2-3-20(13-25)28-19-8-6-18(7-9-19)27-14-17-5-4-16(12-23)11-21(17)22/h4-9,11,20H,2-3,10,13-14H2,1H3,(H,24,26). The van der Waals surface area contributed by atoms with Gasteiger partial charge in [-0.2, -0.15) is 5.26 Å². The Bertz CT molecular complexity index is 864. The molecule has 1 amide bonds. The highest BCUT2D eigenvalue weighted by atomic mass is 19.1. The number of ether oxygens (including phenoxy) is 2. The number of amides is 1. The van der Waals surface area contributed by atoms with E-state index in [1.165, 1.54) is 13.0 Å². The number of hydrogen-bond acceptors (Lipinski definition) is 5. The Kier molecular flexibility index (Phi) is 6.45. The Balaban J connectivity index is 1.52. The molecule has 0 radical (unpaired) electrons. The number of nitrogens with zero attached hydrogens (tertiary/aromatic N) is 2. The van der Waals surface area contributed by atoms with Crippen molar-refractivity contribution >= 4 is 5.91 Å². The van der Waals surface area contributed by atoms with Crippen LogP contribution < -0.4 is 14.9 Å². The van der Waals surface area contributed by atoms with E-state index in [2.05, 4.69) is 5.43 Å². The topological polar surface area (TPSA) is 74.6 Å². The second-order valence-electron chi connectivity index (χ2n) is 6.67. The molecule has 1 N–H and O–H groups in total. The van der Waals surface area contributed by atoms with Crippen molar-refractivity contribution < 1.29 is 18.7 Å². The van der Waals surface area contributed by atoms with Gasteiger partial charge in [0.05, 0.1) is 18.2 Å². The molecule has 1 aliphatic heterocycles. The highest BCUT2D eigenvalue weighted by Gasteiger charge is 2.21. The van der Waals surface area contributed by atoms with E-state index < -0.39 is 5.82 Å². The highest BCUT2D eigenvalue weighted by molar-refractivity contribution is 5.72. The zero-order chi connectivity index (χ0) is 19.9. The molecule has 1 heterocycles. The van der Waals surface area contributed by atoms with E-state index in [0.29, 0.717) is 23.6 Å². The summed E-state index contributed by atoms with van der Waals surface area (Å²) >= 11 is 0. The number of nitrogens with one attached hydrogen (secondary N) is 1. The van der Waals surface area contributed by atoms with Crippen LogP contribution in [-0.4, -0.2) is 30.1 Å². The predicted octanol–water partition coefficient (Wildman–Crippen LogP) is 3.17. The highest BCUT2D eigenvalue weighted by Crippen LogP contribution is 2.22. The van der Waals surface area contributed by atoms with Gasteiger partial charge < -0.3 is 9.47 Å². The average molecular weight is 383 g/mol. The maximum Gasteiger partial charge on any atom is 0.231 e. The average Bonchev–Trinajstić information content (AvgIpc) is 2.68. The van der Waals surface area contributed by atoms with Gasteiger partial charge in [-0.1, -0.05) is 6.07 Å². The smallest absolute Gasteiger partial charge is 0.231 e. The minimum absolute atomic E-state index is 0.000105. The molecule has 1 saturated heterocycles. The summed E-state index contributed by atoms with van der Waals surface area (Å²) in [6.07, 6.45) is 1.87. The van der Waals surface area contributed by atoms with Gasteiger partial charge in [0.25, 0.3) is 0 Å². The van der Waals surface area contributed by atoms with E-state index in [-0.39, 0.29) is 24.2 Å². The number of hydrazine groups is 1. The van der Waals surface area contributed by atoms with Crippen LogP contribution in [0.15, 0.2) is 42.5 Å². The van der Waals surface area contributed by atoms with Gasteiger partial charge in [-0.25, -0.2) is 9.40 Å². The van der Waals surface area contributed by atoms with E-state index in [0.717, 1.165) is 19.4 Å². The van der Waals surface area contributed by atoms with E-state index >= 15 is 0 Å². The number of carbonyl (C=O) groups is 1. The molecule has 2 aromatic carbocycles. The molecular formula is C21H22FN3O3. The molecule has 7 heteroatoms. The Morgan fingerprint density at radius 1 is 1.29 bits per heavy atom. The number of piperidine rings is 1. The van der Waals surface area contributed by atoms with E-state index in [4.69, 9.17) is 14.7 Å². The second-order valence-corrected chi connectivity index (χ2v) is 6.67. The molecule has 0 aromatic heterocycles. The molecule has 2 aromatic rings. The summed E-state index contributed by atoms with van der Waals surface area (Å²) in [5.41, 5.74) is 3.47. The Hall–Kier alpha value is -3.11. The van der Waals surface area contributed by atoms with Gasteiger partial charge in [-0.3, -0.25) is 10.2 Å². The van der Waals surface area contributed by atoms with Gasteiger partial charge in [0.15, 0.2) is 0 Å². The van der Waals surface area contributed by atoms with Gasteiger partial charge in [0.1, 0.15) is 30.0 Å². The SMILES string of the molecule is CC(=O)NN1CCCC(Oc2ccc(OCc3ccc(C#N)cc3F)cc2)C1. The second kappa shape index (κ2) is 9.20. The largest absolute Gasteiger partial charge is 0.489 e. The molecule has 1 atom stereocenters. The maximum absolute atomic E-state index is 13.9. The number of halogens is 1. The zero-order valence-corrected chi connectivity index (χ0v) is 15.7. The Morgan fingerprint density at radius 3 is 2.71 bits per heavy atom. The molecule has 28 heavy (non-hydrogen) atoms. The summed E-state index contributed by atoms with van der Waals surface area (Å²) in [7, 11) is 0. The van der Waals surface area contributed by atoms with Crippen LogP contribution in [-0.2, 0) is 11.4 Å². The molecule has 146 valence electrons. The number of benzene rings is 2. The molecule has 1 fully saturated rings. The van der Waals surface area contributed by atoms with Crippen molar-refractivity contribution in [2.24, 2.45) is 0 Å². The minimum atomic E-state index is -0.458. The monoisotopic (exact) mass is 383 g/mol. The molecule has 0 aliphatic carbocycles. The summed E-state index contributed by atoms with van der Waals surface area (Å²) in [6.45, 7) is 3.02. The van der Waals surface area contributed by atoms with Crippen molar-refractivity contribution in [1.82, 2.24) is 10.4 Å². The first kappa shape index (κ1) is 19.6. The fourth-order valence-corrected chi connectivity index (χ4v) is 3.06. The van der Waals surface area contributed by atoms with Crippen molar-refractivity contribution in [3.8, 4) is 17.6 Å². The van der Waals surface area contributed by atoms with Crippen LogP contribution in [0.5, 0.6) is 11.5 Å². The third-order valence-electron chi connectivity index (χ3n) is 4.40. The zero-order valence-electron chi connectivity index (χ0n) is 15.7. The molecule has 6 nitrogen and oxygen atoms in total. The van der Waals surface area contributed by atoms with Crippen LogP contribution in [0.1, 0.15) is 30.9 Å². The normalized spacial score (nSPS) is 16.8. The summed E-state index contributed by atoms with van der Waals surface area (Å²) in [6, 6.07) is 13.4. The van der Waals surface area contributed by atoms with Gasteiger partial charge in [-0.05, 0) is 49.2 Å². The summed E-state index contributed by atoms with van der Waals surface area (Å²) in [4.78, 5) is 11.2. The lowest BCUT2D eigenvalue weighted by Crippen LogP contribution is -2.49. The van der Waals surface area contributed by atoms with Crippen LogP contribution in [0.4, 0.5) is 4.39 Å². The number of rotatable bonds is 6. The van der Waals surface area contributed by atoms with Crippen molar-refractivity contribution in [1.29, 1.82) is 5.26 Å². The molecular weight excluding hydrogens is 361 g/mol. The lowest BCUT2D eigenvalue weighted by Gasteiger charge is -2.32. The maximum atomic E-state index is 13.9. The van der Waals surface area contributed by atoms with Crippen LogP contribution >= 0.6 is 0 Å². The first-order chi connectivity index (χ1) is 13.5. The van der Waals surface area contributed by atoms with Crippen molar-refractivity contribution in [2.75, 3.05) is 13.1 Å². The van der Waals surface area contributed by atoms with Crippen LogP contribution in [0, 0.1) is 17.1 Å². The fourth-order valence-electron chi connectivity index (χ4n) is 3.06. The fraction of sp³-hybridized carbons (Fsp3) is 0.333. The Morgan fingerprint density at radius 2 is 2.04 bits per heavy atom. The third-order valence-corrected chi connectivity index (χ3v) is 4.40. The van der Waals surface area contributed by atoms with Crippen LogP contribution in [0.2, 0.25) is 0 Å². The van der Waals surface area contributed by atoms with Crippen molar-refractivity contribution in [3.63, 3.8) is 0 Å². The summed E-state index contributed by atoms with van der Waals surface area (Å²) in [5.74, 6) is 0.770. The van der Waals surface area contributed by atoms with Crippen molar-refractivity contribution in [2.45, 2.75) is 32.5 Å². The van der Waals surface area contributed by atoms with E-state index in [1.807, 2.05) is 23.2 Å². The van der Waals surface area contributed by atoms with E-state index in [1.54, 1.807) is 24.3 Å². The summed E-state index contributed by atoms with van der Waals surface area (Å²) in [5, 5.41) is 10.7. The predicted molar refractivity (Wildman–Crippen MR) is 101 cm³/mol. The van der Waals surface area contributed by atoms with Crippen LogP contribution in [0.3, 0.4) is 0 Å². The summed E-state index contributed by atoms with van der Waals surface area (Å²) < 4.78 is 25.5. The number of carbonyl (C=O) groups excluding carboxylic acids is 1. The van der Waals surface area contributed by atoms with Gasteiger partial charge in [0, 0.05) is 19.0 Å². The molecule has 1 unspecified atom stereocenters. The number of nitriles is 1. The molecule has 0 bridgehead atoms. The Labute approximate surface area is 163 Å². The first-order valence-corrected chi connectivity index (χ1v) is 9.13. The third kappa shape index (κ3) is 5.44. The molecule has 0 saturated carbocycles. The molecule has 1 aliphatic rings. The van der Waals surface area contributed by atoms with E-state index in [9.17, 15) is 9.18 Å². The minimum Gasteiger partial charge on any atom is -0.489 e. The molecule has 0 spiro atoms. The number of hydrogen-bond donors (Lipinski definition) is 1. The lowest BCUT2D eigenvalue weighted by molar-refractivity contribution is -0.124. The lowest BCUT2D eigenvalue weighted by atomic mass is 10.1. The van der Waals surface area contributed by atoms with Crippen molar-refractivity contribution in [3.05, 3.63) is 59.4 Å². The van der Waals surface area contributed by atoms with Crippen LogP contribution in [0.25, 0.3) is 0 Å². The van der Waals surface area contributed by atoms with Gasteiger partial charge in [-0.15, -0.1) is 0 Å². The first-order valence-electron chi connectivity index (χ1n) is 9.13. The van der Waals surface area contributed by atoms with Gasteiger partial charge in [0.2, 0.25) is 5.91 Å². The molecule has 3 rings (SSSR count).